The number of hydrogen-bond donors (Lipinski definition) is 6. The zero-order valence-corrected chi connectivity index (χ0v) is 30.9. The molecule has 6 N–H and O–H groups in total. The fourth-order valence-corrected chi connectivity index (χ4v) is 12.6. The van der Waals surface area contributed by atoms with Gasteiger partial charge in [-0.2, -0.15) is 0 Å². The van der Waals surface area contributed by atoms with E-state index in [0.29, 0.717) is 41.9 Å². The van der Waals surface area contributed by atoms with Gasteiger partial charge in [0.25, 0.3) is 0 Å². The van der Waals surface area contributed by atoms with Gasteiger partial charge in [-0.3, -0.25) is 0 Å². The Morgan fingerprint density at radius 1 is 0.824 bits per heavy atom. The maximum absolute atomic E-state index is 11.4. The fourth-order valence-electron chi connectivity index (χ4n) is 12.6. The van der Waals surface area contributed by atoms with Crippen LogP contribution < -0.4 is 0 Å². The summed E-state index contributed by atoms with van der Waals surface area (Å²) in [6, 6.07) is 0. The lowest BCUT2D eigenvalue weighted by Crippen LogP contribution is -2.64. The summed E-state index contributed by atoms with van der Waals surface area (Å²) in [6.45, 7) is 11.5. The van der Waals surface area contributed by atoms with E-state index in [1.165, 1.54) is 31.8 Å². The van der Waals surface area contributed by atoms with Crippen LogP contribution in [0.25, 0.3) is 0 Å². The molecule has 4 aliphatic heterocycles. The van der Waals surface area contributed by atoms with Gasteiger partial charge in [-0.25, -0.2) is 0 Å². The Labute approximate surface area is 301 Å². The summed E-state index contributed by atoms with van der Waals surface area (Å²) in [5.41, 5.74) is 1.72. The molecule has 4 heterocycles. The zero-order valence-electron chi connectivity index (χ0n) is 30.9. The summed E-state index contributed by atoms with van der Waals surface area (Å²) in [5.74, 6) is 2.96. The summed E-state index contributed by atoms with van der Waals surface area (Å²) >= 11 is 0. The van der Waals surface area contributed by atoms with Gasteiger partial charge in [0.1, 0.15) is 42.7 Å². The van der Waals surface area contributed by atoms with Crippen LogP contribution in [0.1, 0.15) is 92.4 Å². The van der Waals surface area contributed by atoms with Crippen molar-refractivity contribution < 1.29 is 59.1 Å². The first-order valence-electron chi connectivity index (χ1n) is 19.8. The minimum atomic E-state index is -1.62. The van der Waals surface area contributed by atoms with E-state index < -0.39 is 73.8 Å². The van der Waals surface area contributed by atoms with Crippen molar-refractivity contribution in [1.82, 2.24) is 0 Å². The first-order valence-corrected chi connectivity index (χ1v) is 19.8. The second-order valence-electron chi connectivity index (χ2n) is 18.3. The summed E-state index contributed by atoms with van der Waals surface area (Å²) < 4.78 is 37.2. The quantitative estimate of drug-likeness (QED) is 0.229. The fraction of sp³-hybridized carbons (Fsp3) is 0.949. The van der Waals surface area contributed by atoms with Crippen molar-refractivity contribution in [2.75, 3.05) is 13.2 Å². The van der Waals surface area contributed by atoms with Crippen LogP contribution in [-0.2, 0) is 28.4 Å². The highest BCUT2D eigenvalue weighted by atomic mass is 16.7. The number of rotatable bonds is 5. The topological polar surface area (TPSA) is 177 Å². The average Bonchev–Trinajstić information content (AvgIpc) is 3.56. The molecule has 290 valence electrons. The van der Waals surface area contributed by atoms with Crippen molar-refractivity contribution in [1.29, 1.82) is 0 Å². The highest BCUT2D eigenvalue weighted by Crippen LogP contribution is 2.70. The molecule has 1 spiro atoms. The largest absolute Gasteiger partial charge is 0.394 e. The first kappa shape index (κ1) is 37.2. The molecule has 8 rings (SSSR count). The van der Waals surface area contributed by atoms with Crippen LogP contribution in [0, 0.1) is 46.3 Å². The number of aliphatic hydroxyl groups is 6. The van der Waals surface area contributed by atoms with Crippen molar-refractivity contribution in [3.63, 3.8) is 0 Å². The van der Waals surface area contributed by atoms with Crippen LogP contribution in [0.5, 0.6) is 0 Å². The Balaban J connectivity index is 0.939. The van der Waals surface area contributed by atoms with E-state index in [1.807, 2.05) is 0 Å². The minimum Gasteiger partial charge on any atom is -0.394 e. The third-order valence-corrected chi connectivity index (χ3v) is 15.6. The Bertz CT molecular complexity index is 1300. The number of fused-ring (bicyclic) bond motifs is 7. The van der Waals surface area contributed by atoms with Gasteiger partial charge in [0, 0.05) is 12.3 Å². The number of ether oxygens (including phenoxy) is 6. The summed E-state index contributed by atoms with van der Waals surface area (Å²) in [6.07, 6.45) is -1.66. The molecule has 12 nitrogen and oxygen atoms in total. The molecule has 12 heteroatoms. The molecule has 3 saturated carbocycles. The lowest BCUT2D eigenvalue weighted by molar-refractivity contribution is -0.361. The van der Waals surface area contributed by atoms with Crippen LogP contribution >= 0.6 is 0 Å². The smallest absolute Gasteiger partial charge is 0.187 e. The van der Waals surface area contributed by atoms with E-state index in [0.717, 1.165) is 38.7 Å². The van der Waals surface area contributed by atoms with Crippen molar-refractivity contribution >= 4 is 0 Å². The number of aliphatic hydroxyl groups excluding tert-OH is 6. The van der Waals surface area contributed by atoms with Crippen LogP contribution in [0.3, 0.4) is 0 Å². The van der Waals surface area contributed by atoms with Gasteiger partial charge < -0.3 is 59.1 Å². The maximum atomic E-state index is 11.4. The van der Waals surface area contributed by atoms with Gasteiger partial charge >= 0.3 is 0 Å². The molecule has 7 fully saturated rings. The van der Waals surface area contributed by atoms with Gasteiger partial charge in [-0.15, -0.1) is 0 Å². The van der Waals surface area contributed by atoms with Gasteiger partial charge in [0.2, 0.25) is 0 Å². The molecule has 4 aliphatic carbocycles. The first-order chi connectivity index (χ1) is 24.2. The molecule has 0 unspecified atom stereocenters. The standard InChI is InChI=1S/C39H62O12/c1-18-8-13-39(46-17-18)19(2)28-26(51-39)15-25-23-7-6-21-14-22(9-11-37(21,4)24(23)10-12-38(25,28)5)48-36-33(45)34(30(42)27(16-40)49-36)50-35-32(44)31(43)29(41)20(3)47-35/h6,18-20,22-36,40-45H,7-17H2,1-5H3/t18-,19-,20+,22-,23+,24-,25-,26-,27+,28-,29+,30+,31+,32+,33-,34+,35-,36+,37+,38-,39+/m1/s1. The molecule has 8 aliphatic rings. The molecule has 0 bridgehead atoms. The normalized spacial score (nSPS) is 58.4. The third kappa shape index (κ3) is 5.84. The molecule has 0 radical (unpaired) electrons. The van der Waals surface area contributed by atoms with Crippen molar-refractivity contribution in [2.45, 2.75) is 172 Å². The molecule has 0 amide bonds. The maximum Gasteiger partial charge on any atom is 0.187 e. The van der Waals surface area contributed by atoms with E-state index in [4.69, 9.17) is 28.4 Å². The Morgan fingerprint density at radius 3 is 2.31 bits per heavy atom. The van der Waals surface area contributed by atoms with Crippen molar-refractivity contribution in [3.8, 4) is 0 Å². The summed E-state index contributed by atoms with van der Waals surface area (Å²) in [7, 11) is 0. The lowest BCUT2D eigenvalue weighted by Gasteiger charge is -2.58. The zero-order chi connectivity index (χ0) is 36.2. The Morgan fingerprint density at radius 2 is 1.59 bits per heavy atom. The van der Waals surface area contributed by atoms with Crippen LogP contribution in [-0.4, -0.2) is 123 Å². The number of allylic oxidation sites excluding steroid dienone is 1. The van der Waals surface area contributed by atoms with Crippen LogP contribution in [0.4, 0.5) is 0 Å². The molecule has 51 heavy (non-hydrogen) atoms. The molecule has 0 aromatic heterocycles. The lowest BCUT2D eigenvalue weighted by atomic mass is 9.47. The molecular formula is C39H62O12. The van der Waals surface area contributed by atoms with Gasteiger partial charge in [-0.05, 0) is 98.7 Å². The predicted octanol–water partition coefficient (Wildman–Crippen LogP) is 2.39. The van der Waals surface area contributed by atoms with Gasteiger partial charge in [-0.1, -0.05) is 39.3 Å². The molecule has 0 aromatic rings. The molecule has 0 aromatic carbocycles. The van der Waals surface area contributed by atoms with E-state index in [-0.39, 0.29) is 23.0 Å². The summed E-state index contributed by atoms with van der Waals surface area (Å²) in [5, 5.41) is 63.2. The highest BCUT2D eigenvalue weighted by Gasteiger charge is 2.68. The van der Waals surface area contributed by atoms with Crippen molar-refractivity contribution in [3.05, 3.63) is 11.6 Å². The average molecular weight is 723 g/mol. The predicted molar refractivity (Wildman–Crippen MR) is 182 cm³/mol. The van der Waals surface area contributed by atoms with E-state index in [9.17, 15) is 30.6 Å². The van der Waals surface area contributed by atoms with E-state index >= 15 is 0 Å². The summed E-state index contributed by atoms with van der Waals surface area (Å²) in [4.78, 5) is 0. The van der Waals surface area contributed by atoms with Gasteiger partial charge in [0.15, 0.2) is 18.4 Å². The Hall–Kier alpha value is -0.740. The second kappa shape index (κ2) is 13.5. The second-order valence-corrected chi connectivity index (χ2v) is 18.3. The van der Waals surface area contributed by atoms with E-state index in [2.05, 4.69) is 33.8 Å². The van der Waals surface area contributed by atoms with Crippen LogP contribution in [0.2, 0.25) is 0 Å². The van der Waals surface area contributed by atoms with Gasteiger partial charge in [0.05, 0.1) is 31.5 Å². The number of hydrogen-bond acceptors (Lipinski definition) is 12. The SMILES string of the molecule is C[C@@H]1CC[C@]2(OC1)O[C@@H]1C[C@@H]3[C@H]4CC=C5C[C@H](O[C@H]6O[C@@H](CO)[C@H](O)[C@H](O[C@H]7O[C@@H](C)[C@H](O)[C@H](O)[C@@H]7O)[C@H]6O)CC[C@]5(C)[C@@H]4CC[C@@]3(C)[C@@H]1[C@H]2C. The highest BCUT2D eigenvalue weighted by molar-refractivity contribution is 5.26. The molecule has 21 atom stereocenters. The molecule has 4 saturated heterocycles. The van der Waals surface area contributed by atoms with E-state index in [1.54, 1.807) is 0 Å². The van der Waals surface area contributed by atoms with Crippen LogP contribution in [0.15, 0.2) is 11.6 Å². The third-order valence-electron chi connectivity index (χ3n) is 15.6. The molecular weight excluding hydrogens is 660 g/mol. The Kier molecular flexibility index (Phi) is 9.83. The van der Waals surface area contributed by atoms with Crippen molar-refractivity contribution in [2.24, 2.45) is 46.3 Å². The monoisotopic (exact) mass is 722 g/mol. The minimum absolute atomic E-state index is 0.0657.